The van der Waals surface area contributed by atoms with Gasteiger partial charge in [0.2, 0.25) is 0 Å². The molecule has 2 atom stereocenters. The van der Waals surface area contributed by atoms with Crippen molar-refractivity contribution < 1.29 is 5.11 Å². The maximum atomic E-state index is 9.61. The Bertz CT molecular complexity index is 942. The van der Waals surface area contributed by atoms with E-state index in [1.807, 2.05) is 18.2 Å². The number of anilines is 1. The lowest BCUT2D eigenvalue weighted by atomic mass is 9.99. The Morgan fingerprint density at radius 1 is 1.18 bits per heavy atom. The van der Waals surface area contributed by atoms with E-state index in [9.17, 15) is 5.11 Å². The number of aromatic nitrogens is 3. The van der Waals surface area contributed by atoms with Crippen LogP contribution in [0.5, 0.6) is 0 Å². The van der Waals surface area contributed by atoms with Gasteiger partial charge in [0.15, 0.2) is 21.8 Å². The molecule has 2 heterocycles. The molecule has 0 aliphatic rings. The lowest BCUT2D eigenvalue weighted by Gasteiger charge is -2.12. The summed E-state index contributed by atoms with van der Waals surface area (Å²) in [6.07, 6.45) is 2.65. The number of rotatable bonds is 8. The quantitative estimate of drug-likeness (QED) is 0.309. The fourth-order valence-corrected chi connectivity index (χ4v) is 4.46. The van der Waals surface area contributed by atoms with E-state index in [4.69, 9.17) is 5.73 Å². The van der Waals surface area contributed by atoms with Crippen LogP contribution in [-0.4, -0.2) is 32.9 Å². The summed E-state index contributed by atoms with van der Waals surface area (Å²) in [6.45, 7) is 6.44. The highest BCUT2D eigenvalue weighted by atomic mass is 32.2. The van der Waals surface area contributed by atoms with Gasteiger partial charge in [-0.1, -0.05) is 67.3 Å². The number of hydrogen-bond donors (Lipinski definition) is 2. The molecule has 3 N–H and O–H groups in total. The maximum Gasteiger partial charge on any atom is 0.192 e. The van der Waals surface area contributed by atoms with Crippen molar-refractivity contribution in [3.05, 3.63) is 35.9 Å². The molecule has 0 bridgehead atoms. The number of nitrogens with zero attached hydrogens (tertiary/aromatic N) is 4. The average Bonchev–Trinajstić information content (AvgIpc) is 3.05. The third-order valence-corrected chi connectivity index (χ3v) is 6.09. The monoisotopic (exact) mass is 415 g/mol. The van der Waals surface area contributed by atoms with Gasteiger partial charge in [-0.25, -0.2) is 19.9 Å². The van der Waals surface area contributed by atoms with Crippen molar-refractivity contribution in [2.45, 2.75) is 37.6 Å². The van der Waals surface area contributed by atoms with E-state index in [0.717, 1.165) is 11.1 Å². The summed E-state index contributed by atoms with van der Waals surface area (Å²) < 4.78 is 0.770. The lowest BCUT2D eigenvalue weighted by molar-refractivity contribution is 0.247. The predicted octanol–water partition coefficient (Wildman–Crippen LogP) is 4.88. The minimum Gasteiger partial charge on any atom is -0.396 e. The standard InChI is InChI=1S/C20H25N5OS2/c1-12(2)9-14(11-26)10-22-17-16-18(23-19(21)28-16)25-20(24-17)27-13(3)15-7-5-4-6-8-15/h4-8,10,12-14,26H,9,11H2,1-3H3,(H2,21,23,24,25)/b22-10+/t13-,14?/m0/s1. The largest absolute Gasteiger partial charge is 0.396 e. The topological polar surface area (TPSA) is 97.3 Å². The van der Waals surface area contributed by atoms with E-state index >= 15 is 0 Å². The first-order valence-corrected chi connectivity index (χ1v) is 11.0. The highest BCUT2D eigenvalue weighted by molar-refractivity contribution is 7.99. The molecule has 8 heteroatoms. The van der Waals surface area contributed by atoms with Crippen molar-refractivity contribution in [2.75, 3.05) is 12.3 Å². The number of fused-ring (bicyclic) bond motifs is 1. The highest BCUT2D eigenvalue weighted by Gasteiger charge is 2.16. The minimum absolute atomic E-state index is 0.00497. The van der Waals surface area contributed by atoms with E-state index in [2.05, 4.69) is 52.8 Å². The molecule has 0 saturated heterocycles. The first-order valence-electron chi connectivity index (χ1n) is 9.27. The Labute approximate surface area is 173 Å². The SMILES string of the molecule is CC(C)CC(/C=N/c1nc(S[C@@H](C)c2ccccc2)nc2nc(N)sc12)CO. The Kier molecular flexibility index (Phi) is 6.98. The number of aliphatic hydroxyl groups is 1. The zero-order valence-corrected chi connectivity index (χ0v) is 17.9. The van der Waals surface area contributed by atoms with Gasteiger partial charge in [-0.3, -0.25) is 0 Å². The molecule has 0 aliphatic heterocycles. The van der Waals surface area contributed by atoms with Crippen LogP contribution in [0, 0.1) is 11.8 Å². The van der Waals surface area contributed by atoms with Crippen LogP contribution in [0.25, 0.3) is 10.3 Å². The molecule has 0 radical (unpaired) electrons. The third kappa shape index (κ3) is 5.27. The second-order valence-corrected chi connectivity index (χ2v) is 9.39. The summed E-state index contributed by atoms with van der Waals surface area (Å²) in [7, 11) is 0. The summed E-state index contributed by atoms with van der Waals surface area (Å²) in [6, 6.07) is 10.2. The summed E-state index contributed by atoms with van der Waals surface area (Å²) in [4.78, 5) is 18.1. The average molecular weight is 416 g/mol. The van der Waals surface area contributed by atoms with Crippen molar-refractivity contribution in [3.63, 3.8) is 0 Å². The first-order chi connectivity index (χ1) is 13.5. The smallest absolute Gasteiger partial charge is 0.192 e. The number of nitrogens with two attached hydrogens (primary N) is 1. The van der Waals surface area contributed by atoms with Gasteiger partial charge in [0.25, 0.3) is 0 Å². The number of aliphatic hydroxyl groups excluding tert-OH is 1. The third-order valence-electron chi connectivity index (χ3n) is 4.20. The molecular formula is C20H25N5OS2. The van der Waals surface area contributed by atoms with Crippen molar-refractivity contribution in [1.82, 2.24) is 15.0 Å². The maximum absolute atomic E-state index is 9.61. The van der Waals surface area contributed by atoms with Gasteiger partial charge in [-0.2, -0.15) is 0 Å². The molecular weight excluding hydrogens is 390 g/mol. The van der Waals surface area contributed by atoms with Crippen LogP contribution < -0.4 is 5.73 Å². The molecule has 0 amide bonds. The van der Waals surface area contributed by atoms with E-state index in [1.165, 1.54) is 16.9 Å². The van der Waals surface area contributed by atoms with E-state index in [1.54, 1.807) is 18.0 Å². The van der Waals surface area contributed by atoms with Crippen molar-refractivity contribution >= 4 is 50.6 Å². The van der Waals surface area contributed by atoms with E-state index in [0.29, 0.717) is 27.7 Å². The van der Waals surface area contributed by atoms with E-state index in [-0.39, 0.29) is 17.8 Å². The molecule has 28 heavy (non-hydrogen) atoms. The van der Waals surface area contributed by atoms with Gasteiger partial charge in [0.1, 0.15) is 4.70 Å². The summed E-state index contributed by atoms with van der Waals surface area (Å²) >= 11 is 2.90. The minimum atomic E-state index is -0.00497. The van der Waals surface area contributed by atoms with Crippen molar-refractivity contribution in [3.8, 4) is 0 Å². The summed E-state index contributed by atoms with van der Waals surface area (Å²) in [5.74, 6) is 1.03. The molecule has 1 aromatic carbocycles. The molecule has 0 aliphatic carbocycles. The van der Waals surface area contributed by atoms with Crippen molar-refractivity contribution in [1.29, 1.82) is 0 Å². The zero-order valence-electron chi connectivity index (χ0n) is 16.2. The number of hydrogen-bond acceptors (Lipinski definition) is 8. The number of thioether (sulfide) groups is 1. The number of benzene rings is 1. The molecule has 148 valence electrons. The second-order valence-electron chi connectivity index (χ2n) is 7.06. The molecule has 2 aromatic heterocycles. The Balaban J connectivity index is 1.90. The summed E-state index contributed by atoms with van der Waals surface area (Å²) in [5, 5.41) is 10.9. The van der Waals surface area contributed by atoms with Crippen LogP contribution in [0.2, 0.25) is 0 Å². The van der Waals surface area contributed by atoms with Crippen LogP contribution in [-0.2, 0) is 0 Å². The molecule has 3 aromatic rings. The van der Waals surface area contributed by atoms with Crippen LogP contribution in [0.3, 0.4) is 0 Å². The molecule has 0 saturated carbocycles. The number of thiazole rings is 1. The second kappa shape index (κ2) is 9.45. The van der Waals surface area contributed by atoms with Crippen LogP contribution >= 0.6 is 23.1 Å². The molecule has 0 fully saturated rings. The zero-order chi connectivity index (χ0) is 20.1. The van der Waals surface area contributed by atoms with Gasteiger partial charge >= 0.3 is 0 Å². The highest BCUT2D eigenvalue weighted by Crippen LogP contribution is 2.37. The lowest BCUT2D eigenvalue weighted by Crippen LogP contribution is -2.10. The molecule has 0 spiro atoms. The van der Waals surface area contributed by atoms with Crippen LogP contribution in [0.15, 0.2) is 40.5 Å². The Morgan fingerprint density at radius 2 is 1.93 bits per heavy atom. The van der Waals surface area contributed by atoms with Crippen LogP contribution in [0.1, 0.15) is 38.0 Å². The number of aliphatic imine (C=N–C) groups is 1. The van der Waals surface area contributed by atoms with Crippen LogP contribution in [0.4, 0.5) is 10.9 Å². The van der Waals surface area contributed by atoms with E-state index < -0.39 is 0 Å². The Hall–Kier alpha value is -2.03. The number of nitrogen functional groups attached to an aromatic ring is 1. The predicted molar refractivity (Wildman–Crippen MR) is 119 cm³/mol. The molecule has 3 rings (SSSR count). The fraction of sp³-hybridized carbons (Fsp3) is 0.400. The van der Waals surface area contributed by atoms with Gasteiger partial charge in [0.05, 0.1) is 6.61 Å². The molecule has 1 unspecified atom stereocenters. The van der Waals surface area contributed by atoms with Gasteiger partial charge in [-0.15, -0.1) is 0 Å². The van der Waals surface area contributed by atoms with Crippen molar-refractivity contribution in [2.24, 2.45) is 16.8 Å². The normalized spacial score (nSPS) is 14.2. The van der Waals surface area contributed by atoms with Gasteiger partial charge < -0.3 is 10.8 Å². The van der Waals surface area contributed by atoms with Gasteiger partial charge in [-0.05, 0) is 24.8 Å². The fourth-order valence-electron chi connectivity index (χ4n) is 2.86. The summed E-state index contributed by atoms with van der Waals surface area (Å²) in [5.41, 5.74) is 7.66. The molecule has 6 nitrogen and oxygen atoms in total. The van der Waals surface area contributed by atoms with Gasteiger partial charge in [0, 0.05) is 17.4 Å². The Morgan fingerprint density at radius 3 is 2.61 bits per heavy atom. The first kappa shape index (κ1) is 20.7.